The number of hydrogen-bond acceptors (Lipinski definition) is 0. The standard InChI is InChI=1S/C23H22/c1-17-14-18(2)23(19(3)15-17)22(21-12-8-5-9-13-21)16-20-10-6-4-7-11-20/h4-16H,1-3H3/b22-16+. The maximum atomic E-state index is 2.29. The summed E-state index contributed by atoms with van der Waals surface area (Å²) in [4.78, 5) is 0. The van der Waals surface area contributed by atoms with Gasteiger partial charge in [0.2, 0.25) is 0 Å². The van der Waals surface area contributed by atoms with Crippen molar-refractivity contribution in [2.75, 3.05) is 0 Å². The van der Waals surface area contributed by atoms with Gasteiger partial charge in [-0.1, -0.05) is 78.4 Å². The first-order chi connectivity index (χ1) is 11.1. The Morgan fingerprint density at radius 2 is 1.22 bits per heavy atom. The molecular weight excluding hydrogens is 276 g/mol. The molecular formula is C23H22. The topological polar surface area (TPSA) is 0 Å². The van der Waals surface area contributed by atoms with Gasteiger partial charge in [-0.15, -0.1) is 0 Å². The van der Waals surface area contributed by atoms with Crippen LogP contribution in [-0.2, 0) is 0 Å². The molecule has 0 aromatic heterocycles. The van der Waals surface area contributed by atoms with Crippen molar-refractivity contribution in [2.24, 2.45) is 0 Å². The van der Waals surface area contributed by atoms with E-state index in [0.29, 0.717) is 0 Å². The minimum absolute atomic E-state index is 1.23. The van der Waals surface area contributed by atoms with Crippen molar-refractivity contribution < 1.29 is 0 Å². The number of benzene rings is 3. The Balaban J connectivity index is 2.24. The summed E-state index contributed by atoms with van der Waals surface area (Å²) >= 11 is 0. The van der Waals surface area contributed by atoms with Crippen molar-refractivity contribution in [3.05, 3.63) is 106 Å². The molecule has 0 heterocycles. The molecule has 0 atom stereocenters. The molecule has 0 fully saturated rings. The molecule has 0 aliphatic rings. The predicted octanol–water partition coefficient (Wildman–Crippen LogP) is 6.20. The lowest BCUT2D eigenvalue weighted by Crippen LogP contribution is -1.96. The average molecular weight is 298 g/mol. The molecule has 0 saturated carbocycles. The van der Waals surface area contributed by atoms with Gasteiger partial charge < -0.3 is 0 Å². The Morgan fingerprint density at radius 3 is 1.78 bits per heavy atom. The fourth-order valence-electron chi connectivity index (χ4n) is 3.24. The van der Waals surface area contributed by atoms with Crippen molar-refractivity contribution in [1.82, 2.24) is 0 Å². The van der Waals surface area contributed by atoms with E-state index in [1.165, 1.54) is 39.0 Å². The van der Waals surface area contributed by atoms with Crippen LogP contribution in [0.2, 0.25) is 0 Å². The second-order valence-corrected chi connectivity index (χ2v) is 6.11. The van der Waals surface area contributed by atoms with E-state index in [9.17, 15) is 0 Å². The summed E-state index contributed by atoms with van der Waals surface area (Å²) in [5, 5.41) is 0. The molecule has 0 radical (unpaired) electrons. The maximum Gasteiger partial charge on any atom is -0.0100 e. The molecule has 0 amide bonds. The average Bonchev–Trinajstić information content (AvgIpc) is 2.55. The lowest BCUT2D eigenvalue weighted by atomic mass is 9.88. The van der Waals surface area contributed by atoms with Gasteiger partial charge in [-0.3, -0.25) is 0 Å². The van der Waals surface area contributed by atoms with Gasteiger partial charge in [0.1, 0.15) is 0 Å². The van der Waals surface area contributed by atoms with E-state index >= 15 is 0 Å². The Labute approximate surface area is 139 Å². The molecule has 0 spiro atoms. The van der Waals surface area contributed by atoms with Gasteiger partial charge in [0.15, 0.2) is 0 Å². The Kier molecular flexibility index (Phi) is 4.43. The molecule has 114 valence electrons. The van der Waals surface area contributed by atoms with Crippen LogP contribution in [0.4, 0.5) is 0 Å². The van der Waals surface area contributed by atoms with Crippen LogP contribution in [-0.4, -0.2) is 0 Å². The molecule has 23 heavy (non-hydrogen) atoms. The molecule has 0 nitrogen and oxygen atoms in total. The Hall–Kier alpha value is -2.60. The number of hydrogen-bond donors (Lipinski definition) is 0. The summed E-state index contributed by atoms with van der Waals surface area (Å²) in [6.07, 6.45) is 2.29. The Bertz CT molecular complexity index is 801. The first-order valence-corrected chi connectivity index (χ1v) is 8.05. The van der Waals surface area contributed by atoms with E-state index in [4.69, 9.17) is 0 Å². The highest BCUT2D eigenvalue weighted by Crippen LogP contribution is 2.31. The van der Waals surface area contributed by atoms with Crippen LogP contribution in [0.1, 0.15) is 33.4 Å². The largest absolute Gasteiger partial charge is 0.0622 e. The van der Waals surface area contributed by atoms with Crippen LogP contribution in [0.25, 0.3) is 11.6 Å². The van der Waals surface area contributed by atoms with Crippen LogP contribution in [0.15, 0.2) is 72.8 Å². The van der Waals surface area contributed by atoms with Gasteiger partial charge in [0.25, 0.3) is 0 Å². The van der Waals surface area contributed by atoms with Crippen molar-refractivity contribution in [3.63, 3.8) is 0 Å². The quantitative estimate of drug-likeness (QED) is 0.505. The summed E-state index contributed by atoms with van der Waals surface area (Å²) in [5.74, 6) is 0. The molecule has 0 bridgehead atoms. The van der Waals surface area contributed by atoms with E-state index in [-0.39, 0.29) is 0 Å². The molecule has 0 saturated heterocycles. The van der Waals surface area contributed by atoms with Crippen molar-refractivity contribution >= 4 is 11.6 Å². The summed E-state index contributed by atoms with van der Waals surface area (Å²) in [5.41, 5.74) is 9.08. The molecule has 0 N–H and O–H groups in total. The molecule has 0 aliphatic heterocycles. The third-order valence-corrected chi connectivity index (χ3v) is 4.14. The van der Waals surface area contributed by atoms with Gasteiger partial charge in [-0.05, 0) is 60.2 Å². The van der Waals surface area contributed by atoms with E-state index in [0.717, 1.165) is 0 Å². The molecule has 3 aromatic carbocycles. The third-order valence-electron chi connectivity index (χ3n) is 4.14. The predicted molar refractivity (Wildman–Crippen MR) is 101 cm³/mol. The normalized spacial score (nSPS) is 11.5. The minimum atomic E-state index is 1.23. The van der Waals surface area contributed by atoms with E-state index in [1.54, 1.807) is 0 Å². The smallest absolute Gasteiger partial charge is 0.0100 e. The molecule has 0 unspecified atom stereocenters. The van der Waals surface area contributed by atoms with Crippen LogP contribution < -0.4 is 0 Å². The monoisotopic (exact) mass is 298 g/mol. The van der Waals surface area contributed by atoms with Crippen LogP contribution in [0.5, 0.6) is 0 Å². The fourth-order valence-corrected chi connectivity index (χ4v) is 3.24. The summed E-state index contributed by atoms with van der Waals surface area (Å²) in [6.45, 7) is 6.57. The highest BCUT2D eigenvalue weighted by molar-refractivity contribution is 5.93. The fraction of sp³-hybridized carbons (Fsp3) is 0.130. The second kappa shape index (κ2) is 6.66. The molecule has 0 heteroatoms. The molecule has 3 aromatic rings. The zero-order valence-corrected chi connectivity index (χ0v) is 14.0. The third kappa shape index (κ3) is 3.43. The lowest BCUT2D eigenvalue weighted by Gasteiger charge is -2.16. The summed E-state index contributed by atoms with van der Waals surface area (Å²) < 4.78 is 0. The van der Waals surface area contributed by atoms with E-state index in [1.807, 2.05) is 0 Å². The first kappa shape index (κ1) is 15.3. The Morgan fingerprint density at radius 1 is 0.696 bits per heavy atom. The van der Waals surface area contributed by atoms with Crippen molar-refractivity contribution in [2.45, 2.75) is 20.8 Å². The SMILES string of the molecule is Cc1cc(C)c(/C(=C/c2ccccc2)c2ccccc2)c(C)c1. The van der Waals surface area contributed by atoms with Gasteiger partial charge in [0, 0.05) is 0 Å². The van der Waals surface area contributed by atoms with Crippen LogP contribution >= 0.6 is 0 Å². The summed E-state index contributed by atoms with van der Waals surface area (Å²) in [6, 6.07) is 25.7. The van der Waals surface area contributed by atoms with E-state index in [2.05, 4.69) is 99.6 Å². The van der Waals surface area contributed by atoms with Gasteiger partial charge in [-0.25, -0.2) is 0 Å². The second-order valence-electron chi connectivity index (χ2n) is 6.11. The van der Waals surface area contributed by atoms with Crippen LogP contribution in [0.3, 0.4) is 0 Å². The van der Waals surface area contributed by atoms with Gasteiger partial charge >= 0.3 is 0 Å². The zero-order valence-electron chi connectivity index (χ0n) is 14.0. The van der Waals surface area contributed by atoms with Crippen molar-refractivity contribution in [3.8, 4) is 0 Å². The maximum absolute atomic E-state index is 2.29. The van der Waals surface area contributed by atoms with Gasteiger partial charge in [-0.2, -0.15) is 0 Å². The highest BCUT2D eigenvalue weighted by atomic mass is 14.2. The van der Waals surface area contributed by atoms with Gasteiger partial charge in [0.05, 0.1) is 0 Å². The lowest BCUT2D eigenvalue weighted by molar-refractivity contribution is 1.29. The summed E-state index contributed by atoms with van der Waals surface area (Å²) in [7, 11) is 0. The number of aryl methyl sites for hydroxylation is 3. The highest BCUT2D eigenvalue weighted by Gasteiger charge is 2.11. The molecule has 0 aliphatic carbocycles. The van der Waals surface area contributed by atoms with Crippen molar-refractivity contribution in [1.29, 1.82) is 0 Å². The number of rotatable bonds is 3. The molecule has 3 rings (SSSR count). The van der Waals surface area contributed by atoms with E-state index < -0.39 is 0 Å². The first-order valence-electron chi connectivity index (χ1n) is 8.05. The zero-order chi connectivity index (χ0) is 16.2. The van der Waals surface area contributed by atoms with Crippen LogP contribution in [0, 0.1) is 20.8 Å². The minimum Gasteiger partial charge on any atom is -0.0622 e.